The first-order chi connectivity index (χ1) is 15.5. The third kappa shape index (κ3) is 4.86. The number of benzene rings is 3. The van der Waals surface area contributed by atoms with Crippen molar-refractivity contribution in [2.24, 2.45) is 10.2 Å². The summed E-state index contributed by atoms with van der Waals surface area (Å²) in [6.45, 7) is 0. The van der Waals surface area contributed by atoms with Crippen LogP contribution in [0.3, 0.4) is 0 Å². The molecule has 0 unspecified atom stereocenters. The summed E-state index contributed by atoms with van der Waals surface area (Å²) in [5, 5.41) is 20.6. The van der Waals surface area contributed by atoms with Crippen molar-refractivity contribution >= 4 is 28.4 Å². The van der Waals surface area contributed by atoms with Gasteiger partial charge < -0.3 is 14.4 Å². The zero-order chi connectivity index (χ0) is 22.5. The maximum Gasteiger partial charge on any atom is 0.229 e. The number of phenols is 1. The molecule has 8 heteroatoms. The van der Waals surface area contributed by atoms with Crippen molar-refractivity contribution in [2.75, 3.05) is 36.5 Å². The molecular formula is C24H24N6O2. The standard InChI is InChI=1S/C24H24N6O2/c1-29(2)20-9-6-18(7-10-20)28-30(3)21-11-4-17(5-12-21)26-27-19-8-13-22(23(31)16-19)24-25-14-15-32-24/h4-16,28,31H,1-3H3/b27-26+. The maximum atomic E-state index is 10.2. The predicted octanol–water partition coefficient (Wildman–Crippen LogP) is 5.99. The van der Waals surface area contributed by atoms with E-state index in [1.807, 2.05) is 62.6 Å². The van der Waals surface area contributed by atoms with Crippen LogP contribution in [0.25, 0.3) is 11.5 Å². The summed E-state index contributed by atoms with van der Waals surface area (Å²) in [7, 11) is 5.99. The van der Waals surface area contributed by atoms with E-state index in [9.17, 15) is 5.11 Å². The Hall–Kier alpha value is -4.33. The largest absolute Gasteiger partial charge is 0.507 e. The lowest BCUT2D eigenvalue weighted by Crippen LogP contribution is -2.24. The molecule has 2 N–H and O–H groups in total. The molecule has 0 saturated carbocycles. The zero-order valence-corrected chi connectivity index (χ0v) is 18.1. The minimum absolute atomic E-state index is 0.0329. The van der Waals surface area contributed by atoms with Gasteiger partial charge in [-0.05, 0) is 60.7 Å². The lowest BCUT2D eigenvalue weighted by Gasteiger charge is -2.22. The van der Waals surface area contributed by atoms with Crippen LogP contribution < -0.4 is 15.3 Å². The molecule has 1 aromatic heterocycles. The summed E-state index contributed by atoms with van der Waals surface area (Å²) in [4.78, 5) is 6.10. The van der Waals surface area contributed by atoms with Crippen LogP contribution in [0.4, 0.5) is 28.4 Å². The molecule has 1 heterocycles. The normalized spacial score (nSPS) is 11.0. The van der Waals surface area contributed by atoms with E-state index >= 15 is 0 Å². The SMILES string of the molecule is CN(C)c1ccc(NN(C)c2ccc(/N=N/c3ccc(-c4ncco4)c(O)c3)cc2)cc1. The number of aromatic nitrogens is 1. The second kappa shape index (κ2) is 9.22. The van der Waals surface area contributed by atoms with E-state index in [4.69, 9.17) is 4.42 Å². The monoisotopic (exact) mass is 428 g/mol. The van der Waals surface area contributed by atoms with Gasteiger partial charge in [0.05, 0.1) is 34.5 Å². The van der Waals surface area contributed by atoms with E-state index in [1.54, 1.807) is 12.1 Å². The Bertz CT molecular complexity index is 1190. The second-order valence-electron chi connectivity index (χ2n) is 7.37. The molecular weight excluding hydrogens is 404 g/mol. The topological polar surface area (TPSA) is 89.5 Å². The predicted molar refractivity (Wildman–Crippen MR) is 127 cm³/mol. The Kier molecular flexibility index (Phi) is 6.03. The van der Waals surface area contributed by atoms with Crippen LogP contribution in [0.2, 0.25) is 0 Å². The van der Waals surface area contributed by atoms with E-state index < -0.39 is 0 Å². The van der Waals surface area contributed by atoms with Crippen LogP contribution in [-0.2, 0) is 0 Å². The molecule has 0 aliphatic heterocycles. The highest BCUT2D eigenvalue weighted by molar-refractivity contribution is 5.66. The van der Waals surface area contributed by atoms with Crippen LogP contribution in [0.15, 0.2) is 93.8 Å². The Morgan fingerprint density at radius 1 is 0.844 bits per heavy atom. The highest BCUT2D eigenvalue weighted by Crippen LogP contribution is 2.32. The van der Waals surface area contributed by atoms with E-state index in [-0.39, 0.29) is 5.75 Å². The van der Waals surface area contributed by atoms with Gasteiger partial charge >= 0.3 is 0 Å². The number of nitrogens with zero attached hydrogens (tertiary/aromatic N) is 5. The summed E-state index contributed by atoms with van der Waals surface area (Å²) in [6.07, 6.45) is 2.99. The molecule has 0 aliphatic rings. The van der Waals surface area contributed by atoms with Crippen LogP contribution in [0.1, 0.15) is 0 Å². The number of anilines is 3. The molecule has 0 amide bonds. The summed E-state index contributed by atoms with van der Waals surface area (Å²) >= 11 is 0. The summed E-state index contributed by atoms with van der Waals surface area (Å²) in [5.74, 6) is 0.388. The highest BCUT2D eigenvalue weighted by atomic mass is 16.3. The number of hydrogen-bond donors (Lipinski definition) is 2. The van der Waals surface area contributed by atoms with Crippen molar-refractivity contribution < 1.29 is 9.52 Å². The van der Waals surface area contributed by atoms with Crippen LogP contribution in [0, 0.1) is 0 Å². The molecule has 3 aromatic carbocycles. The van der Waals surface area contributed by atoms with Gasteiger partial charge in [-0.2, -0.15) is 10.2 Å². The number of aromatic hydroxyl groups is 1. The number of hydrazine groups is 1. The maximum absolute atomic E-state index is 10.2. The second-order valence-corrected chi connectivity index (χ2v) is 7.37. The molecule has 0 radical (unpaired) electrons. The molecule has 0 fully saturated rings. The van der Waals surface area contributed by atoms with E-state index in [0.717, 1.165) is 17.1 Å². The van der Waals surface area contributed by atoms with Crippen LogP contribution in [-0.4, -0.2) is 31.2 Å². The average molecular weight is 428 g/mol. The van der Waals surface area contributed by atoms with Gasteiger partial charge in [-0.25, -0.2) is 4.98 Å². The summed E-state index contributed by atoms with van der Waals surface area (Å²) < 4.78 is 5.22. The Morgan fingerprint density at radius 3 is 2.12 bits per heavy atom. The van der Waals surface area contributed by atoms with Gasteiger partial charge in [0, 0.05) is 32.9 Å². The number of hydrogen-bond acceptors (Lipinski definition) is 8. The van der Waals surface area contributed by atoms with Gasteiger partial charge in [0.1, 0.15) is 12.0 Å². The first-order valence-electron chi connectivity index (χ1n) is 10.0. The molecule has 32 heavy (non-hydrogen) atoms. The molecule has 4 aromatic rings. The number of oxazole rings is 1. The Balaban J connectivity index is 1.40. The first-order valence-corrected chi connectivity index (χ1v) is 10.0. The first kappa shape index (κ1) is 20.9. The van der Waals surface area contributed by atoms with Gasteiger partial charge in [-0.15, -0.1) is 0 Å². The average Bonchev–Trinajstić information content (AvgIpc) is 3.33. The van der Waals surface area contributed by atoms with E-state index in [1.165, 1.54) is 18.5 Å². The molecule has 8 nitrogen and oxygen atoms in total. The molecule has 0 bridgehead atoms. The number of nitrogens with one attached hydrogen (secondary N) is 1. The lowest BCUT2D eigenvalue weighted by atomic mass is 10.2. The molecule has 0 aliphatic carbocycles. The third-order valence-electron chi connectivity index (χ3n) is 4.84. The Labute approximate surface area is 186 Å². The third-order valence-corrected chi connectivity index (χ3v) is 4.84. The minimum atomic E-state index is 0.0329. The number of phenolic OH excluding ortho intramolecular Hbond substituents is 1. The number of azo groups is 1. The van der Waals surface area contributed by atoms with Crippen LogP contribution in [0.5, 0.6) is 5.75 Å². The summed E-state index contributed by atoms with van der Waals surface area (Å²) in [6, 6.07) is 20.9. The smallest absolute Gasteiger partial charge is 0.229 e. The number of rotatable bonds is 7. The molecule has 0 saturated heterocycles. The van der Waals surface area contributed by atoms with Crippen molar-refractivity contribution in [3.63, 3.8) is 0 Å². The highest BCUT2D eigenvalue weighted by Gasteiger charge is 2.09. The Morgan fingerprint density at radius 2 is 1.50 bits per heavy atom. The van der Waals surface area contributed by atoms with Crippen molar-refractivity contribution in [2.45, 2.75) is 0 Å². The van der Waals surface area contributed by atoms with Gasteiger partial charge in [-0.1, -0.05) is 0 Å². The minimum Gasteiger partial charge on any atom is -0.507 e. The van der Waals surface area contributed by atoms with Crippen LogP contribution >= 0.6 is 0 Å². The fourth-order valence-corrected chi connectivity index (χ4v) is 3.07. The molecule has 0 spiro atoms. The summed E-state index contributed by atoms with van der Waals surface area (Å²) in [5.41, 5.74) is 8.20. The van der Waals surface area contributed by atoms with Gasteiger partial charge in [0.2, 0.25) is 5.89 Å². The van der Waals surface area contributed by atoms with E-state index in [2.05, 4.69) is 37.7 Å². The van der Waals surface area contributed by atoms with Gasteiger partial charge in [0.25, 0.3) is 0 Å². The molecule has 0 atom stereocenters. The molecule has 4 rings (SSSR count). The fourth-order valence-electron chi connectivity index (χ4n) is 3.07. The van der Waals surface area contributed by atoms with Gasteiger partial charge in [0.15, 0.2) is 0 Å². The quantitative estimate of drug-likeness (QED) is 0.277. The van der Waals surface area contributed by atoms with Crippen molar-refractivity contribution in [3.05, 3.63) is 79.2 Å². The van der Waals surface area contributed by atoms with E-state index in [0.29, 0.717) is 22.8 Å². The van der Waals surface area contributed by atoms with Crippen molar-refractivity contribution in [1.29, 1.82) is 0 Å². The molecule has 162 valence electrons. The van der Waals surface area contributed by atoms with Gasteiger partial charge in [-0.3, -0.25) is 10.4 Å². The van der Waals surface area contributed by atoms with Crippen molar-refractivity contribution in [1.82, 2.24) is 4.98 Å². The fraction of sp³-hybridized carbons (Fsp3) is 0.125. The van der Waals surface area contributed by atoms with Crippen molar-refractivity contribution in [3.8, 4) is 17.2 Å². The zero-order valence-electron chi connectivity index (χ0n) is 18.1. The lowest BCUT2D eigenvalue weighted by molar-refractivity contribution is 0.473.